The summed E-state index contributed by atoms with van der Waals surface area (Å²) in [7, 11) is 0. The minimum atomic E-state index is -4.60. The lowest BCUT2D eigenvalue weighted by molar-refractivity contribution is -0.138. The number of benzene rings is 2. The molecule has 0 aromatic heterocycles. The number of nitrogens with zero attached hydrogens (tertiary/aromatic N) is 1. The van der Waals surface area contributed by atoms with Crippen molar-refractivity contribution in [3.63, 3.8) is 0 Å². The molecule has 1 amide bonds. The number of alkyl halides is 6. The average Bonchev–Trinajstić information content (AvgIpc) is 3.17. The third-order valence-corrected chi connectivity index (χ3v) is 6.36. The summed E-state index contributed by atoms with van der Waals surface area (Å²) in [5, 5.41) is 2.65. The van der Waals surface area contributed by atoms with Crippen molar-refractivity contribution in [3.05, 3.63) is 70.8 Å². The highest BCUT2D eigenvalue weighted by atomic mass is 19.4. The van der Waals surface area contributed by atoms with E-state index in [1.807, 2.05) is 0 Å². The van der Waals surface area contributed by atoms with Gasteiger partial charge in [-0.25, -0.2) is 4.79 Å². The zero-order valence-electron chi connectivity index (χ0n) is 18.6. The Hall–Kier alpha value is -2.79. The van der Waals surface area contributed by atoms with Crippen molar-refractivity contribution < 1.29 is 40.6 Å². The Morgan fingerprint density at radius 2 is 1.49 bits per heavy atom. The van der Waals surface area contributed by atoms with Crippen LogP contribution in [-0.4, -0.2) is 49.4 Å². The molecule has 4 rings (SSSR count). The van der Waals surface area contributed by atoms with Gasteiger partial charge in [0.05, 0.1) is 24.3 Å². The summed E-state index contributed by atoms with van der Waals surface area (Å²) in [5.41, 5.74) is -2.11. The Bertz CT molecular complexity index is 991. The van der Waals surface area contributed by atoms with Gasteiger partial charge in [-0.1, -0.05) is 24.3 Å². The van der Waals surface area contributed by atoms with E-state index in [0.717, 1.165) is 24.3 Å². The summed E-state index contributed by atoms with van der Waals surface area (Å²) in [6, 6.07) is 8.85. The van der Waals surface area contributed by atoms with Gasteiger partial charge in [-0.15, -0.1) is 0 Å². The second-order valence-corrected chi connectivity index (χ2v) is 8.77. The van der Waals surface area contributed by atoms with Gasteiger partial charge in [-0.3, -0.25) is 0 Å². The first-order chi connectivity index (χ1) is 16.5. The van der Waals surface area contributed by atoms with Gasteiger partial charge in [0, 0.05) is 32.5 Å². The molecule has 35 heavy (non-hydrogen) atoms. The van der Waals surface area contributed by atoms with Gasteiger partial charge in [0.1, 0.15) is 11.7 Å². The SMILES string of the molecule is O=C1NCC2(CCN(CCOC(c3cccc(C(F)(F)F)c3)c3cccc(C(F)(F)F)c3)CC2)O1. The maximum atomic E-state index is 13.3. The number of piperidine rings is 1. The van der Waals surface area contributed by atoms with Crippen molar-refractivity contribution >= 4 is 6.09 Å². The highest BCUT2D eigenvalue weighted by Crippen LogP contribution is 2.36. The summed E-state index contributed by atoms with van der Waals surface area (Å²) >= 11 is 0. The predicted octanol–water partition coefficient (Wildman–Crippen LogP) is 5.40. The van der Waals surface area contributed by atoms with Gasteiger partial charge in [0.15, 0.2) is 0 Å². The molecule has 1 spiro atoms. The number of amides is 1. The van der Waals surface area contributed by atoms with E-state index >= 15 is 0 Å². The van der Waals surface area contributed by atoms with Crippen LogP contribution in [0.5, 0.6) is 0 Å². The van der Waals surface area contributed by atoms with Crippen LogP contribution in [-0.2, 0) is 21.8 Å². The fourth-order valence-electron chi connectivity index (χ4n) is 4.41. The molecule has 0 radical (unpaired) electrons. The lowest BCUT2D eigenvalue weighted by Crippen LogP contribution is -2.47. The van der Waals surface area contributed by atoms with Crippen molar-refractivity contribution in [1.29, 1.82) is 0 Å². The number of likely N-dealkylation sites (tertiary alicyclic amines) is 1. The molecule has 0 bridgehead atoms. The molecular formula is C24H24F6N2O3. The molecule has 0 unspecified atom stereocenters. The molecule has 190 valence electrons. The van der Waals surface area contributed by atoms with Crippen molar-refractivity contribution in [2.45, 2.75) is 36.9 Å². The Kier molecular flexibility index (Phi) is 7.01. The van der Waals surface area contributed by atoms with Crippen LogP contribution in [0, 0.1) is 0 Å². The number of carbonyl (C=O) groups excluding carboxylic acids is 1. The van der Waals surface area contributed by atoms with Crippen LogP contribution in [0.2, 0.25) is 0 Å². The van der Waals surface area contributed by atoms with Gasteiger partial charge >= 0.3 is 18.4 Å². The van der Waals surface area contributed by atoms with Gasteiger partial charge in [0.25, 0.3) is 0 Å². The van der Waals surface area contributed by atoms with E-state index in [0.29, 0.717) is 39.0 Å². The van der Waals surface area contributed by atoms with Gasteiger partial charge in [0.2, 0.25) is 0 Å². The Morgan fingerprint density at radius 3 is 1.94 bits per heavy atom. The van der Waals surface area contributed by atoms with E-state index in [2.05, 4.69) is 10.2 Å². The first kappa shape index (κ1) is 25.3. The number of carbonyl (C=O) groups is 1. The van der Waals surface area contributed by atoms with E-state index in [-0.39, 0.29) is 17.7 Å². The Labute approximate surface area is 198 Å². The molecule has 0 saturated carbocycles. The molecule has 1 N–H and O–H groups in total. The molecule has 5 nitrogen and oxygen atoms in total. The van der Waals surface area contributed by atoms with Crippen LogP contribution in [0.3, 0.4) is 0 Å². The summed E-state index contributed by atoms with van der Waals surface area (Å²) in [5.74, 6) is 0. The smallest absolute Gasteiger partial charge is 0.416 e. The first-order valence-corrected chi connectivity index (χ1v) is 11.1. The normalized spacial score (nSPS) is 18.7. The van der Waals surface area contributed by atoms with Crippen LogP contribution < -0.4 is 5.32 Å². The lowest BCUT2D eigenvalue weighted by Gasteiger charge is -2.37. The number of ether oxygens (including phenoxy) is 2. The fraction of sp³-hybridized carbons (Fsp3) is 0.458. The van der Waals surface area contributed by atoms with Gasteiger partial charge in [-0.2, -0.15) is 26.3 Å². The Balaban J connectivity index is 1.48. The van der Waals surface area contributed by atoms with Crippen LogP contribution in [0.25, 0.3) is 0 Å². The van der Waals surface area contributed by atoms with Crippen LogP contribution in [0.15, 0.2) is 48.5 Å². The molecule has 2 aliphatic heterocycles. The lowest BCUT2D eigenvalue weighted by atomic mass is 9.92. The first-order valence-electron chi connectivity index (χ1n) is 11.1. The van der Waals surface area contributed by atoms with Crippen LogP contribution in [0.1, 0.15) is 41.2 Å². The Morgan fingerprint density at radius 1 is 0.943 bits per heavy atom. The number of hydrogen-bond donors (Lipinski definition) is 1. The maximum absolute atomic E-state index is 13.3. The van der Waals surface area contributed by atoms with Crippen molar-refractivity contribution in [3.8, 4) is 0 Å². The molecule has 2 fully saturated rings. The van der Waals surface area contributed by atoms with Crippen molar-refractivity contribution in [2.24, 2.45) is 0 Å². The van der Waals surface area contributed by atoms with E-state index in [1.54, 1.807) is 0 Å². The molecule has 2 aliphatic rings. The number of nitrogens with one attached hydrogen (secondary N) is 1. The zero-order chi connectivity index (χ0) is 25.3. The summed E-state index contributed by atoms with van der Waals surface area (Å²) in [6.07, 6.45) is -9.51. The molecule has 0 atom stereocenters. The fourth-order valence-corrected chi connectivity index (χ4v) is 4.41. The highest BCUT2D eigenvalue weighted by molar-refractivity contribution is 5.70. The van der Waals surface area contributed by atoms with Gasteiger partial charge in [-0.05, 0) is 35.4 Å². The second kappa shape index (κ2) is 9.69. The molecular weight excluding hydrogens is 478 g/mol. The third kappa shape index (κ3) is 6.07. The molecule has 2 heterocycles. The number of rotatable bonds is 6. The number of hydrogen-bond acceptors (Lipinski definition) is 4. The summed E-state index contributed by atoms with van der Waals surface area (Å²) in [6.45, 7) is 2.20. The van der Waals surface area contributed by atoms with Gasteiger partial charge < -0.3 is 19.7 Å². The second-order valence-electron chi connectivity index (χ2n) is 8.77. The topological polar surface area (TPSA) is 50.8 Å². The molecule has 11 heteroatoms. The number of halogens is 6. The predicted molar refractivity (Wildman–Crippen MR) is 114 cm³/mol. The van der Waals surface area contributed by atoms with Crippen LogP contribution >= 0.6 is 0 Å². The minimum absolute atomic E-state index is 0.0855. The van der Waals surface area contributed by atoms with E-state index in [1.165, 1.54) is 24.3 Å². The molecule has 2 aromatic carbocycles. The van der Waals surface area contributed by atoms with Crippen LogP contribution in [0.4, 0.5) is 31.1 Å². The molecule has 2 aromatic rings. The average molecular weight is 502 g/mol. The third-order valence-electron chi connectivity index (χ3n) is 6.36. The van der Waals surface area contributed by atoms with E-state index in [9.17, 15) is 31.1 Å². The van der Waals surface area contributed by atoms with E-state index < -0.39 is 41.3 Å². The van der Waals surface area contributed by atoms with Crippen molar-refractivity contribution in [2.75, 3.05) is 32.8 Å². The highest BCUT2D eigenvalue weighted by Gasteiger charge is 2.42. The van der Waals surface area contributed by atoms with Crippen molar-refractivity contribution in [1.82, 2.24) is 10.2 Å². The maximum Gasteiger partial charge on any atom is 0.416 e. The molecule has 0 aliphatic carbocycles. The quantitative estimate of drug-likeness (QED) is 0.538. The van der Waals surface area contributed by atoms with E-state index in [4.69, 9.17) is 9.47 Å². The standard InChI is InChI=1S/C24H24F6N2O3/c25-23(26,27)18-5-1-3-16(13-18)20(17-4-2-6-19(14-17)24(28,29)30)34-12-11-32-9-7-22(8-10-32)15-31-21(33)35-22/h1-6,13-14,20H,7-12,15H2,(H,31,33). The monoisotopic (exact) mass is 502 g/mol. The minimum Gasteiger partial charge on any atom is -0.441 e. The largest absolute Gasteiger partial charge is 0.441 e. The summed E-state index contributed by atoms with van der Waals surface area (Å²) in [4.78, 5) is 13.4. The molecule has 2 saturated heterocycles. The summed E-state index contributed by atoms with van der Waals surface area (Å²) < 4.78 is 90.9. The zero-order valence-corrected chi connectivity index (χ0v) is 18.6. The number of alkyl carbamates (subject to hydrolysis) is 1.